The monoisotopic (exact) mass is 280 g/mol. The molecule has 0 bridgehead atoms. The molecule has 2 aromatic heterocycles. The Bertz CT molecular complexity index is 550. The van der Waals surface area contributed by atoms with E-state index in [2.05, 4.69) is 15.6 Å². The molecule has 0 fully saturated rings. The molecule has 102 valence electrons. The third-order valence-electron chi connectivity index (χ3n) is 2.51. The first kappa shape index (κ1) is 13.4. The van der Waals surface area contributed by atoms with Gasteiger partial charge in [0.1, 0.15) is 16.5 Å². The summed E-state index contributed by atoms with van der Waals surface area (Å²) in [5.74, 6) is 0.691. The number of nitrogen functional groups attached to an aromatic ring is 1. The molecule has 1 unspecified atom stereocenters. The zero-order valence-corrected chi connectivity index (χ0v) is 11.6. The van der Waals surface area contributed by atoms with Crippen LogP contribution in [0.4, 0.5) is 10.9 Å². The zero-order chi connectivity index (χ0) is 13.8. The highest BCUT2D eigenvalue weighted by Gasteiger charge is 2.19. The topological polar surface area (TPSA) is 93.2 Å². The van der Waals surface area contributed by atoms with Gasteiger partial charge in [-0.25, -0.2) is 4.98 Å². The van der Waals surface area contributed by atoms with Crippen LogP contribution in [0.15, 0.2) is 22.8 Å². The van der Waals surface area contributed by atoms with Crippen molar-refractivity contribution < 1.29 is 9.21 Å². The van der Waals surface area contributed by atoms with Gasteiger partial charge < -0.3 is 20.8 Å². The van der Waals surface area contributed by atoms with Crippen LogP contribution in [0.5, 0.6) is 0 Å². The van der Waals surface area contributed by atoms with E-state index in [-0.39, 0.29) is 17.8 Å². The number of hydrogen-bond donors (Lipinski definition) is 3. The molecule has 0 spiro atoms. The van der Waals surface area contributed by atoms with Crippen LogP contribution in [-0.4, -0.2) is 17.4 Å². The number of amides is 1. The first-order chi connectivity index (χ1) is 9.11. The highest BCUT2D eigenvalue weighted by Crippen LogP contribution is 2.25. The van der Waals surface area contributed by atoms with Crippen LogP contribution >= 0.6 is 11.3 Å². The highest BCUT2D eigenvalue weighted by atomic mass is 32.1. The maximum atomic E-state index is 12.1. The van der Waals surface area contributed by atoms with Gasteiger partial charge in [0.2, 0.25) is 0 Å². The summed E-state index contributed by atoms with van der Waals surface area (Å²) in [5.41, 5.74) is 5.74. The lowest BCUT2D eigenvalue weighted by atomic mass is 10.2. The number of carbonyl (C=O) groups excluding carboxylic acids is 1. The Hall–Kier alpha value is -2.02. The first-order valence-electron chi connectivity index (χ1n) is 5.96. The number of nitrogens with one attached hydrogen (secondary N) is 2. The third-order valence-corrected chi connectivity index (χ3v) is 3.53. The van der Waals surface area contributed by atoms with E-state index in [0.29, 0.717) is 15.8 Å². The fourth-order valence-electron chi connectivity index (χ4n) is 1.59. The van der Waals surface area contributed by atoms with E-state index in [9.17, 15) is 4.79 Å². The summed E-state index contributed by atoms with van der Waals surface area (Å²) >= 11 is 1.24. The number of furan rings is 1. The van der Waals surface area contributed by atoms with Crippen LogP contribution in [0.1, 0.15) is 35.3 Å². The van der Waals surface area contributed by atoms with E-state index in [1.807, 2.05) is 19.9 Å². The molecule has 1 amide bonds. The average Bonchev–Trinajstić information content (AvgIpc) is 2.99. The normalized spacial score (nSPS) is 12.1. The molecule has 0 saturated carbocycles. The maximum Gasteiger partial charge on any atom is 0.265 e. The SMILES string of the molecule is CCNc1nc(N)c(C(=O)NC(C)c2ccco2)s1. The molecule has 2 heterocycles. The Balaban J connectivity index is 2.07. The number of anilines is 2. The van der Waals surface area contributed by atoms with Crippen molar-refractivity contribution in [2.75, 3.05) is 17.6 Å². The second kappa shape index (κ2) is 5.75. The van der Waals surface area contributed by atoms with E-state index >= 15 is 0 Å². The van der Waals surface area contributed by atoms with Crippen molar-refractivity contribution in [3.05, 3.63) is 29.0 Å². The standard InChI is InChI=1S/C12H16N4O2S/c1-3-14-12-16-10(13)9(19-12)11(17)15-7(2)8-5-4-6-18-8/h4-7H,3,13H2,1-2H3,(H,14,16)(H,15,17). The van der Waals surface area contributed by atoms with Crippen molar-refractivity contribution in [2.24, 2.45) is 0 Å². The van der Waals surface area contributed by atoms with E-state index < -0.39 is 0 Å². The quantitative estimate of drug-likeness (QED) is 0.781. The molecular weight excluding hydrogens is 264 g/mol. The summed E-state index contributed by atoms with van der Waals surface area (Å²) in [6, 6.07) is 3.37. The molecule has 0 aliphatic rings. The number of rotatable bonds is 5. The Labute approximate surface area is 115 Å². The molecule has 4 N–H and O–H groups in total. The summed E-state index contributed by atoms with van der Waals surface area (Å²) in [5, 5.41) is 6.51. The minimum absolute atomic E-state index is 0.216. The molecule has 7 heteroatoms. The Kier molecular flexibility index (Phi) is 4.06. The van der Waals surface area contributed by atoms with Gasteiger partial charge in [0, 0.05) is 6.54 Å². The summed E-state index contributed by atoms with van der Waals surface area (Å²) in [4.78, 5) is 16.6. The van der Waals surface area contributed by atoms with E-state index in [0.717, 1.165) is 6.54 Å². The third kappa shape index (κ3) is 3.05. The number of nitrogens with zero attached hydrogens (tertiary/aromatic N) is 1. The summed E-state index contributed by atoms with van der Waals surface area (Å²) in [6.07, 6.45) is 1.57. The van der Waals surface area contributed by atoms with Crippen molar-refractivity contribution in [3.63, 3.8) is 0 Å². The predicted octanol–water partition coefficient (Wildman–Crippen LogP) is 2.24. The predicted molar refractivity (Wildman–Crippen MR) is 75.3 cm³/mol. The number of nitrogens with two attached hydrogens (primary N) is 1. The molecule has 0 aromatic carbocycles. The molecule has 0 radical (unpaired) electrons. The average molecular weight is 280 g/mol. The smallest absolute Gasteiger partial charge is 0.265 e. The number of carbonyl (C=O) groups is 1. The van der Waals surface area contributed by atoms with Gasteiger partial charge in [-0.1, -0.05) is 11.3 Å². The van der Waals surface area contributed by atoms with E-state index in [1.165, 1.54) is 11.3 Å². The van der Waals surface area contributed by atoms with Gasteiger partial charge in [-0.3, -0.25) is 4.79 Å². The fourth-order valence-corrected chi connectivity index (χ4v) is 2.45. The molecule has 1 atom stereocenters. The number of hydrogen-bond acceptors (Lipinski definition) is 6. The zero-order valence-electron chi connectivity index (χ0n) is 10.8. The van der Waals surface area contributed by atoms with Gasteiger partial charge in [0.15, 0.2) is 5.13 Å². The van der Waals surface area contributed by atoms with Gasteiger partial charge in [-0.15, -0.1) is 0 Å². The Morgan fingerprint density at radius 2 is 2.42 bits per heavy atom. The summed E-state index contributed by atoms with van der Waals surface area (Å²) in [7, 11) is 0. The lowest BCUT2D eigenvalue weighted by molar-refractivity contribution is 0.0940. The minimum atomic E-state index is -0.247. The van der Waals surface area contributed by atoms with Crippen molar-refractivity contribution in [3.8, 4) is 0 Å². The van der Waals surface area contributed by atoms with Crippen LogP contribution in [-0.2, 0) is 0 Å². The van der Waals surface area contributed by atoms with E-state index in [4.69, 9.17) is 10.2 Å². The Morgan fingerprint density at radius 1 is 1.63 bits per heavy atom. The second-order valence-corrected chi connectivity index (χ2v) is 4.97. The van der Waals surface area contributed by atoms with Gasteiger partial charge in [-0.05, 0) is 26.0 Å². The highest BCUT2D eigenvalue weighted by molar-refractivity contribution is 7.18. The van der Waals surface area contributed by atoms with Gasteiger partial charge in [0.05, 0.1) is 12.3 Å². The molecule has 0 aliphatic heterocycles. The van der Waals surface area contributed by atoms with Crippen LogP contribution in [0.3, 0.4) is 0 Å². The van der Waals surface area contributed by atoms with Crippen LogP contribution in [0, 0.1) is 0 Å². The van der Waals surface area contributed by atoms with Crippen molar-refractivity contribution in [1.82, 2.24) is 10.3 Å². The summed E-state index contributed by atoms with van der Waals surface area (Å²) < 4.78 is 5.24. The van der Waals surface area contributed by atoms with E-state index in [1.54, 1.807) is 12.3 Å². The molecular formula is C12H16N4O2S. The van der Waals surface area contributed by atoms with Crippen LogP contribution in [0.25, 0.3) is 0 Å². The van der Waals surface area contributed by atoms with Gasteiger partial charge in [-0.2, -0.15) is 0 Å². The minimum Gasteiger partial charge on any atom is -0.467 e. The van der Waals surface area contributed by atoms with Crippen molar-refractivity contribution >= 4 is 28.2 Å². The lowest BCUT2D eigenvalue weighted by Crippen LogP contribution is -2.26. The van der Waals surface area contributed by atoms with Crippen LogP contribution in [0.2, 0.25) is 0 Å². The van der Waals surface area contributed by atoms with Crippen molar-refractivity contribution in [2.45, 2.75) is 19.9 Å². The number of aromatic nitrogens is 1. The van der Waals surface area contributed by atoms with Gasteiger partial charge >= 0.3 is 0 Å². The fraction of sp³-hybridized carbons (Fsp3) is 0.333. The molecule has 0 aliphatic carbocycles. The Morgan fingerprint density at radius 3 is 3.05 bits per heavy atom. The van der Waals surface area contributed by atoms with Gasteiger partial charge in [0.25, 0.3) is 5.91 Å². The largest absolute Gasteiger partial charge is 0.467 e. The lowest BCUT2D eigenvalue weighted by Gasteiger charge is -2.10. The molecule has 2 rings (SSSR count). The maximum absolute atomic E-state index is 12.1. The summed E-state index contributed by atoms with van der Waals surface area (Å²) in [6.45, 7) is 4.53. The first-order valence-corrected chi connectivity index (χ1v) is 6.78. The van der Waals surface area contributed by atoms with Crippen molar-refractivity contribution in [1.29, 1.82) is 0 Å². The molecule has 19 heavy (non-hydrogen) atoms. The second-order valence-electron chi connectivity index (χ2n) is 3.97. The molecule has 2 aromatic rings. The molecule has 0 saturated heterocycles. The molecule has 6 nitrogen and oxygen atoms in total. The van der Waals surface area contributed by atoms with Crippen LogP contribution < -0.4 is 16.4 Å². The number of thiazole rings is 1.